The summed E-state index contributed by atoms with van der Waals surface area (Å²) in [4.78, 5) is 19.6. The molecule has 1 aliphatic rings. The summed E-state index contributed by atoms with van der Waals surface area (Å²) in [5.74, 6) is 0.927. The number of aliphatic hydroxyl groups excluding tert-OH is 1. The molecule has 1 atom stereocenters. The number of ketones is 1. The third kappa shape index (κ3) is 4.17. The number of fused-ring (bicyclic) bond motifs is 1. The van der Waals surface area contributed by atoms with E-state index in [1.54, 1.807) is 10.7 Å². The highest BCUT2D eigenvalue weighted by Crippen LogP contribution is 2.24. The summed E-state index contributed by atoms with van der Waals surface area (Å²) in [5, 5.41) is 14.4. The fourth-order valence-corrected chi connectivity index (χ4v) is 3.85. The average Bonchev–Trinajstić information content (AvgIpc) is 3.15. The minimum atomic E-state index is -0.339. The molecule has 1 saturated heterocycles. The molecule has 1 N–H and O–H groups in total. The maximum absolute atomic E-state index is 12.9. The van der Waals surface area contributed by atoms with Crippen LogP contribution in [0.25, 0.3) is 5.65 Å². The topological polar surface area (TPSA) is 70.7 Å². The van der Waals surface area contributed by atoms with E-state index in [4.69, 9.17) is 0 Å². The molecule has 29 heavy (non-hydrogen) atoms. The molecule has 0 bridgehead atoms. The molecule has 2 aromatic heterocycles. The van der Waals surface area contributed by atoms with Gasteiger partial charge in [-0.05, 0) is 23.8 Å². The fourth-order valence-electron chi connectivity index (χ4n) is 3.85. The van der Waals surface area contributed by atoms with E-state index >= 15 is 0 Å². The van der Waals surface area contributed by atoms with Gasteiger partial charge in [-0.1, -0.05) is 45.0 Å². The van der Waals surface area contributed by atoms with Crippen molar-refractivity contribution < 1.29 is 9.90 Å². The number of aromatic nitrogens is 3. The van der Waals surface area contributed by atoms with Gasteiger partial charge >= 0.3 is 0 Å². The van der Waals surface area contributed by atoms with Crippen LogP contribution in [0.1, 0.15) is 55.2 Å². The number of carbonyl (C=O) groups is 1. The van der Waals surface area contributed by atoms with Crippen molar-refractivity contribution in [2.24, 2.45) is 0 Å². The zero-order chi connectivity index (χ0) is 20.6. The number of rotatable bonds is 4. The minimum absolute atomic E-state index is 0.0476. The van der Waals surface area contributed by atoms with Crippen molar-refractivity contribution in [1.82, 2.24) is 14.6 Å². The van der Waals surface area contributed by atoms with Gasteiger partial charge in [0.05, 0.1) is 24.4 Å². The van der Waals surface area contributed by atoms with Crippen LogP contribution in [0.4, 0.5) is 5.82 Å². The molecule has 1 fully saturated rings. The first kappa shape index (κ1) is 19.6. The predicted molar refractivity (Wildman–Crippen MR) is 114 cm³/mol. The average molecular weight is 393 g/mol. The highest BCUT2D eigenvalue weighted by atomic mass is 16.3. The number of carbonyl (C=O) groups excluding carboxylic acids is 1. The predicted octanol–water partition coefficient (Wildman–Crippen LogP) is 3.41. The lowest BCUT2D eigenvalue weighted by Gasteiger charge is -2.32. The van der Waals surface area contributed by atoms with E-state index in [1.165, 1.54) is 5.56 Å². The van der Waals surface area contributed by atoms with Crippen molar-refractivity contribution in [3.63, 3.8) is 0 Å². The first-order valence-electron chi connectivity index (χ1n) is 10.2. The molecule has 1 aliphatic heterocycles. The van der Waals surface area contributed by atoms with Gasteiger partial charge in [-0.2, -0.15) is 9.61 Å². The summed E-state index contributed by atoms with van der Waals surface area (Å²) in [6.07, 6.45) is 3.36. The zero-order valence-electron chi connectivity index (χ0n) is 17.3. The lowest BCUT2D eigenvalue weighted by Crippen LogP contribution is -2.39. The van der Waals surface area contributed by atoms with Gasteiger partial charge in [0.1, 0.15) is 5.82 Å². The first-order chi connectivity index (χ1) is 13.8. The Balaban J connectivity index is 1.60. The fraction of sp³-hybridized carbons (Fsp3) is 0.435. The Morgan fingerprint density at radius 3 is 2.66 bits per heavy atom. The van der Waals surface area contributed by atoms with E-state index < -0.39 is 0 Å². The number of hydrogen-bond donors (Lipinski definition) is 1. The number of nitrogens with zero attached hydrogens (tertiary/aromatic N) is 4. The Labute approximate surface area is 171 Å². The maximum Gasteiger partial charge on any atom is 0.168 e. The third-order valence-corrected chi connectivity index (χ3v) is 5.53. The molecule has 0 unspecified atom stereocenters. The number of benzene rings is 1. The molecular weight excluding hydrogens is 364 g/mol. The Hall–Kier alpha value is -2.73. The molecule has 152 valence electrons. The van der Waals surface area contributed by atoms with E-state index in [2.05, 4.69) is 35.8 Å². The largest absolute Gasteiger partial charge is 0.391 e. The third-order valence-electron chi connectivity index (χ3n) is 5.53. The summed E-state index contributed by atoms with van der Waals surface area (Å²) in [6, 6.07) is 11.6. The molecule has 1 aromatic carbocycles. The molecule has 0 saturated carbocycles. The molecule has 6 heteroatoms. The molecule has 0 spiro atoms. The Morgan fingerprint density at radius 2 is 1.97 bits per heavy atom. The SMILES string of the molecule is CC(C)(C)c1ccc(C(=O)Cc2cc(N3CCC[C@@H](O)C3)n3nccc3n2)cc1. The van der Waals surface area contributed by atoms with Crippen LogP contribution in [0.5, 0.6) is 0 Å². The van der Waals surface area contributed by atoms with E-state index in [-0.39, 0.29) is 23.7 Å². The number of anilines is 1. The van der Waals surface area contributed by atoms with Gasteiger partial charge in [-0.3, -0.25) is 4.79 Å². The van der Waals surface area contributed by atoms with Crippen LogP contribution in [0.3, 0.4) is 0 Å². The van der Waals surface area contributed by atoms with E-state index in [1.807, 2.05) is 36.4 Å². The summed E-state index contributed by atoms with van der Waals surface area (Å²) < 4.78 is 1.78. The summed E-state index contributed by atoms with van der Waals surface area (Å²) in [5.41, 5.74) is 3.40. The standard InChI is InChI=1S/C23H28N4O2/c1-23(2,3)17-8-6-16(7-9-17)20(29)13-18-14-22(26-12-4-5-19(28)15-26)27-21(25-18)10-11-24-27/h6-11,14,19,28H,4-5,12-13,15H2,1-3H3/t19-/m1/s1. The van der Waals surface area contributed by atoms with Crippen LogP contribution >= 0.6 is 0 Å². The van der Waals surface area contributed by atoms with Crippen LogP contribution in [0, 0.1) is 0 Å². The van der Waals surface area contributed by atoms with Crippen LogP contribution in [0.15, 0.2) is 42.6 Å². The molecule has 0 amide bonds. The van der Waals surface area contributed by atoms with Gasteiger partial charge < -0.3 is 10.0 Å². The molecule has 4 rings (SSSR count). The van der Waals surface area contributed by atoms with Crippen molar-refractivity contribution in [2.45, 2.75) is 51.6 Å². The van der Waals surface area contributed by atoms with Crippen LogP contribution in [-0.4, -0.2) is 44.7 Å². The number of Topliss-reactive ketones (excluding diaryl/α,β-unsaturated/α-hetero) is 1. The van der Waals surface area contributed by atoms with E-state index in [0.29, 0.717) is 17.8 Å². The molecule has 3 aromatic rings. The van der Waals surface area contributed by atoms with Crippen molar-refractivity contribution >= 4 is 17.2 Å². The van der Waals surface area contributed by atoms with Crippen molar-refractivity contribution in [1.29, 1.82) is 0 Å². The molecule has 0 aliphatic carbocycles. The normalized spacial score (nSPS) is 17.7. The first-order valence-corrected chi connectivity index (χ1v) is 10.2. The summed E-state index contributed by atoms with van der Waals surface area (Å²) in [6.45, 7) is 7.91. The Bertz CT molecular complexity index is 1020. The second kappa shape index (κ2) is 7.59. The Kier molecular flexibility index (Phi) is 5.13. The zero-order valence-corrected chi connectivity index (χ0v) is 17.3. The molecule has 0 radical (unpaired) electrons. The van der Waals surface area contributed by atoms with Crippen molar-refractivity contribution in [3.8, 4) is 0 Å². The Morgan fingerprint density at radius 1 is 1.21 bits per heavy atom. The van der Waals surface area contributed by atoms with Crippen LogP contribution in [-0.2, 0) is 11.8 Å². The van der Waals surface area contributed by atoms with Gasteiger partial charge in [0.15, 0.2) is 11.4 Å². The van der Waals surface area contributed by atoms with Gasteiger partial charge in [0.25, 0.3) is 0 Å². The van der Waals surface area contributed by atoms with Gasteiger partial charge in [0.2, 0.25) is 0 Å². The summed E-state index contributed by atoms with van der Waals surface area (Å²) >= 11 is 0. The quantitative estimate of drug-likeness (QED) is 0.689. The van der Waals surface area contributed by atoms with Crippen molar-refractivity contribution in [2.75, 3.05) is 18.0 Å². The lowest BCUT2D eigenvalue weighted by molar-refractivity contribution is 0.0992. The number of piperidine rings is 1. The molecule has 3 heterocycles. The lowest BCUT2D eigenvalue weighted by atomic mass is 9.86. The van der Waals surface area contributed by atoms with Gasteiger partial charge in [-0.25, -0.2) is 4.98 Å². The monoisotopic (exact) mass is 392 g/mol. The number of β-amino-alcohol motifs (C(OH)–C–C–N with tert-alkyl or cyclic N) is 1. The number of hydrogen-bond acceptors (Lipinski definition) is 5. The van der Waals surface area contributed by atoms with E-state index in [9.17, 15) is 9.90 Å². The van der Waals surface area contributed by atoms with Crippen molar-refractivity contribution in [3.05, 3.63) is 59.4 Å². The second-order valence-electron chi connectivity index (χ2n) is 8.88. The van der Waals surface area contributed by atoms with E-state index in [0.717, 1.165) is 30.9 Å². The van der Waals surface area contributed by atoms with Crippen LogP contribution < -0.4 is 4.90 Å². The highest BCUT2D eigenvalue weighted by Gasteiger charge is 2.22. The molecule has 6 nitrogen and oxygen atoms in total. The van der Waals surface area contributed by atoms with Gasteiger partial charge in [-0.15, -0.1) is 0 Å². The van der Waals surface area contributed by atoms with Crippen LogP contribution in [0.2, 0.25) is 0 Å². The number of aliphatic hydroxyl groups is 1. The molecular formula is C23H28N4O2. The van der Waals surface area contributed by atoms with Gasteiger partial charge in [0, 0.05) is 30.8 Å². The minimum Gasteiger partial charge on any atom is -0.391 e. The highest BCUT2D eigenvalue weighted by molar-refractivity contribution is 5.97. The second-order valence-corrected chi connectivity index (χ2v) is 8.88. The summed E-state index contributed by atoms with van der Waals surface area (Å²) in [7, 11) is 0. The smallest absolute Gasteiger partial charge is 0.168 e. The maximum atomic E-state index is 12.9.